The average Bonchev–Trinajstić information content (AvgIpc) is 2.43. The van der Waals surface area contributed by atoms with Crippen molar-refractivity contribution in [3.8, 4) is 0 Å². The summed E-state index contributed by atoms with van der Waals surface area (Å²) in [6.45, 7) is 10.9. The summed E-state index contributed by atoms with van der Waals surface area (Å²) in [6.07, 6.45) is 4.69. The van der Waals surface area contributed by atoms with Crippen molar-refractivity contribution >= 4 is 5.78 Å². The van der Waals surface area contributed by atoms with Crippen LogP contribution in [-0.2, 0) is 4.79 Å². The molecule has 0 N–H and O–H groups in total. The average molecular weight is 291 g/mol. The maximum absolute atomic E-state index is 13.1. The first kappa shape index (κ1) is 14.2. The van der Waals surface area contributed by atoms with Gasteiger partial charge in [0.05, 0.1) is 16.5 Å². The minimum atomic E-state index is -0.111. The van der Waals surface area contributed by atoms with Crippen molar-refractivity contribution in [3.05, 3.63) is 0 Å². The Hall–Kier alpha value is -0.450. The fourth-order valence-corrected chi connectivity index (χ4v) is 5.86. The van der Waals surface area contributed by atoms with Gasteiger partial charge in [0.15, 0.2) is 0 Å². The molecule has 5 heterocycles. The van der Waals surface area contributed by atoms with E-state index in [1.54, 1.807) is 0 Å². The van der Waals surface area contributed by atoms with Crippen LogP contribution in [0.25, 0.3) is 0 Å². The van der Waals surface area contributed by atoms with Gasteiger partial charge in [-0.25, -0.2) is 0 Å². The van der Waals surface area contributed by atoms with Gasteiger partial charge in [-0.05, 0) is 26.3 Å². The monoisotopic (exact) mass is 291 g/mol. The van der Waals surface area contributed by atoms with Crippen molar-refractivity contribution < 1.29 is 4.79 Å². The molecule has 5 rings (SSSR count). The third kappa shape index (κ3) is 1.70. The van der Waals surface area contributed by atoms with Gasteiger partial charge in [-0.1, -0.05) is 20.3 Å². The minimum Gasteiger partial charge on any atom is -0.306 e. The summed E-state index contributed by atoms with van der Waals surface area (Å²) in [4.78, 5) is 20.9. The molecule has 4 nitrogen and oxygen atoms in total. The van der Waals surface area contributed by atoms with Crippen molar-refractivity contribution in [3.63, 3.8) is 0 Å². The number of nitrogens with zero attached hydrogens (tertiary/aromatic N) is 3. The third-order valence-corrected chi connectivity index (χ3v) is 6.79. The van der Waals surface area contributed by atoms with Crippen LogP contribution in [0.2, 0.25) is 0 Å². The van der Waals surface area contributed by atoms with E-state index in [9.17, 15) is 4.79 Å². The smallest absolute Gasteiger partial charge is 0.150 e. The van der Waals surface area contributed by atoms with Gasteiger partial charge in [-0.3, -0.25) is 14.6 Å². The molecule has 0 saturated carbocycles. The molecule has 1 spiro atoms. The zero-order chi connectivity index (χ0) is 14.9. The lowest BCUT2D eigenvalue weighted by molar-refractivity contribution is -0.243. The second-order valence-corrected chi connectivity index (χ2v) is 8.42. The molecule has 0 aromatic heterocycles. The number of piperidine rings is 3. The van der Waals surface area contributed by atoms with E-state index in [2.05, 4.69) is 35.6 Å². The van der Waals surface area contributed by atoms with Gasteiger partial charge in [0.1, 0.15) is 5.78 Å². The molecular weight excluding hydrogens is 262 g/mol. The molecule has 5 aliphatic rings. The topological polar surface area (TPSA) is 26.8 Å². The Morgan fingerprint density at radius 3 is 2.14 bits per heavy atom. The molecule has 5 saturated heterocycles. The molecule has 4 heteroatoms. The fourth-order valence-electron chi connectivity index (χ4n) is 5.86. The Morgan fingerprint density at radius 2 is 1.62 bits per heavy atom. The van der Waals surface area contributed by atoms with Crippen molar-refractivity contribution in [1.29, 1.82) is 0 Å². The van der Waals surface area contributed by atoms with Gasteiger partial charge in [0.25, 0.3) is 0 Å². The van der Waals surface area contributed by atoms with Crippen LogP contribution in [0.3, 0.4) is 0 Å². The summed E-state index contributed by atoms with van der Waals surface area (Å²) in [5.41, 5.74) is 0.0961. The minimum absolute atomic E-state index is 0.0609. The Labute approximate surface area is 128 Å². The molecule has 0 aliphatic carbocycles. The normalized spacial score (nSPS) is 48.2. The van der Waals surface area contributed by atoms with Crippen molar-refractivity contribution in [2.75, 3.05) is 46.3 Å². The number of carbonyl (C=O) groups is 1. The Kier molecular flexibility index (Phi) is 2.90. The van der Waals surface area contributed by atoms with Crippen LogP contribution in [0.1, 0.15) is 39.5 Å². The number of likely N-dealkylation sites (tertiary alicyclic amines) is 1. The molecule has 0 aromatic rings. The van der Waals surface area contributed by atoms with Gasteiger partial charge < -0.3 is 4.90 Å². The maximum Gasteiger partial charge on any atom is 0.150 e. The van der Waals surface area contributed by atoms with Gasteiger partial charge in [0.2, 0.25) is 0 Å². The third-order valence-electron chi connectivity index (χ3n) is 6.79. The van der Waals surface area contributed by atoms with E-state index in [1.165, 1.54) is 25.9 Å². The standard InChI is InChI=1S/C17H29N3O/c1-4-5-16-12-19-10-15(2,14(16)21)11-20(13-16)17(19)6-8-18(3)9-7-17/h4-13H2,1-3H3. The van der Waals surface area contributed by atoms with E-state index in [-0.39, 0.29) is 16.5 Å². The molecular formula is C17H29N3O. The summed E-state index contributed by atoms with van der Waals surface area (Å²) >= 11 is 0. The zero-order valence-electron chi connectivity index (χ0n) is 13.8. The van der Waals surface area contributed by atoms with Crippen LogP contribution in [0.5, 0.6) is 0 Å². The lowest BCUT2D eigenvalue weighted by Gasteiger charge is -2.71. The molecule has 118 valence electrons. The van der Waals surface area contributed by atoms with Crippen LogP contribution < -0.4 is 0 Å². The summed E-state index contributed by atoms with van der Waals surface area (Å²) in [7, 11) is 2.23. The highest BCUT2D eigenvalue weighted by atomic mass is 16.1. The van der Waals surface area contributed by atoms with E-state index in [0.717, 1.165) is 39.0 Å². The number of rotatable bonds is 2. The van der Waals surface area contributed by atoms with Crippen LogP contribution in [0, 0.1) is 10.8 Å². The van der Waals surface area contributed by atoms with Gasteiger partial charge in [0, 0.05) is 39.3 Å². The lowest BCUT2D eigenvalue weighted by atomic mass is 9.57. The van der Waals surface area contributed by atoms with Crippen LogP contribution in [0.4, 0.5) is 0 Å². The first-order chi connectivity index (χ1) is 9.94. The predicted molar refractivity (Wildman–Crippen MR) is 83.1 cm³/mol. The number of Topliss-reactive ketones (excluding diaryl/α,β-unsaturated/α-hetero) is 1. The summed E-state index contributed by atoms with van der Waals surface area (Å²) in [6, 6.07) is 0. The SMILES string of the molecule is CCCC12CN3CC(C)(CN(C1)C31CCN(C)CC1)C2=O. The van der Waals surface area contributed by atoms with E-state index < -0.39 is 0 Å². The molecule has 21 heavy (non-hydrogen) atoms. The highest BCUT2D eigenvalue weighted by Crippen LogP contribution is 2.55. The van der Waals surface area contributed by atoms with Gasteiger partial charge in [-0.2, -0.15) is 0 Å². The summed E-state index contributed by atoms with van der Waals surface area (Å²) in [5.74, 6) is 0.576. The van der Waals surface area contributed by atoms with Crippen molar-refractivity contribution in [1.82, 2.24) is 14.7 Å². The fraction of sp³-hybridized carbons (Fsp3) is 0.941. The van der Waals surface area contributed by atoms with E-state index in [1.807, 2.05) is 0 Å². The number of carbonyl (C=O) groups excluding carboxylic acids is 1. The van der Waals surface area contributed by atoms with Crippen LogP contribution in [0.15, 0.2) is 0 Å². The predicted octanol–water partition coefficient (Wildman–Crippen LogP) is 1.42. The highest BCUT2D eigenvalue weighted by molar-refractivity contribution is 5.93. The first-order valence-corrected chi connectivity index (χ1v) is 8.68. The number of ketones is 1. The van der Waals surface area contributed by atoms with E-state index >= 15 is 0 Å². The lowest BCUT2D eigenvalue weighted by Crippen LogP contribution is -2.84. The first-order valence-electron chi connectivity index (χ1n) is 8.68. The van der Waals surface area contributed by atoms with Crippen LogP contribution >= 0.6 is 0 Å². The molecule has 2 unspecified atom stereocenters. The Balaban J connectivity index is 1.70. The quantitative estimate of drug-likeness (QED) is 0.769. The summed E-state index contributed by atoms with van der Waals surface area (Å²) < 4.78 is 0. The second kappa shape index (κ2) is 4.30. The number of hydrogen-bond acceptors (Lipinski definition) is 4. The Bertz CT molecular complexity index is 449. The maximum atomic E-state index is 13.1. The van der Waals surface area contributed by atoms with Crippen LogP contribution in [-0.4, -0.2) is 72.5 Å². The van der Waals surface area contributed by atoms with E-state index in [0.29, 0.717) is 5.78 Å². The molecule has 0 aromatic carbocycles. The zero-order valence-corrected chi connectivity index (χ0v) is 13.8. The van der Waals surface area contributed by atoms with Gasteiger partial charge in [-0.15, -0.1) is 0 Å². The van der Waals surface area contributed by atoms with Crippen molar-refractivity contribution in [2.24, 2.45) is 10.8 Å². The highest BCUT2D eigenvalue weighted by Gasteiger charge is 2.67. The van der Waals surface area contributed by atoms with Crippen molar-refractivity contribution in [2.45, 2.75) is 45.2 Å². The molecule has 0 amide bonds. The van der Waals surface area contributed by atoms with E-state index in [4.69, 9.17) is 0 Å². The number of hydrogen-bond donors (Lipinski definition) is 0. The molecule has 2 atom stereocenters. The second-order valence-electron chi connectivity index (χ2n) is 8.42. The van der Waals surface area contributed by atoms with Gasteiger partial charge >= 0.3 is 0 Å². The molecule has 5 aliphatic heterocycles. The molecule has 5 fully saturated rings. The summed E-state index contributed by atoms with van der Waals surface area (Å²) in [5, 5.41) is 0. The molecule has 4 bridgehead atoms. The molecule has 0 radical (unpaired) electrons. The largest absolute Gasteiger partial charge is 0.306 e. The Morgan fingerprint density at radius 1 is 1.05 bits per heavy atom.